The molecule has 3 rings (SSSR count). The summed E-state index contributed by atoms with van der Waals surface area (Å²) in [6.45, 7) is 4.48. The van der Waals surface area contributed by atoms with E-state index in [9.17, 15) is 4.79 Å². The van der Waals surface area contributed by atoms with Crippen molar-refractivity contribution in [3.8, 4) is 0 Å². The zero-order chi connectivity index (χ0) is 22.8. The van der Waals surface area contributed by atoms with Crippen LogP contribution in [-0.2, 0) is 24.2 Å². The molecule has 4 nitrogen and oxygen atoms in total. The van der Waals surface area contributed by atoms with Crippen LogP contribution in [0, 0.1) is 0 Å². The predicted octanol–water partition coefficient (Wildman–Crippen LogP) is 6.21. The predicted molar refractivity (Wildman–Crippen MR) is 131 cm³/mol. The fourth-order valence-corrected chi connectivity index (χ4v) is 4.02. The van der Waals surface area contributed by atoms with Crippen LogP contribution in [0.25, 0.3) is 0 Å². The van der Waals surface area contributed by atoms with Crippen LogP contribution in [0.2, 0.25) is 5.02 Å². The average Bonchev–Trinajstić information content (AvgIpc) is 3.23. The number of benzene rings is 2. The number of nitrogens with zero attached hydrogens (tertiary/aromatic N) is 2. The molecular formula is C27H33ClN2O2. The number of aromatic nitrogens is 1. The highest BCUT2D eigenvalue weighted by molar-refractivity contribution is 6.30. The van der Waals surface area contributed by atoms with Crippen molar-refractivity contribution in [1.82, 2.24) is 9.47 Å². The van der Waals surface area contributed by atoms with Gasteiger partial charge in [-0.05, 0) is 60.4 Å². The van der Waals surface area contributed by atoms with E-state index in [1.807, 2.05) is 47.5 Å². The molecular weight excluding hydrogens is 420 g/mol. The van der Waals surface area contributed by atoms with E-state index in [1.54, 1.807) is 7.11 Å². The van der Waals surface area contributed by atoms with Crippen molar-refractivity contribution >= 4 is 17.5 Å². The van der Waals surface area contributed by atoms with Crippen molar-refractivity contribution < 1.29 is 9.53 Å². The summed E-state index contributed by atoms with van der Waals surface area (Å²) >= 11 is 6.15. The molecule has 170 valence electrons. The van der Waals surface area contributed by atoms with Crippen molar-refractivity contribution in [2.24, 2.45) is 0 Å². The van der Waals surface area contributed by atoms with E-state index in [4.69, 9.17) is 16.3 Å². The molecule has 0 N–H and O–H groups in total. The molecule has 0 radical (unpaired) electrons. The molecule has 1 heterocycles. The quantitative estimate of drug-likeness (QED) is 0.306. The smallest absolute Gasteiger partial charge is 0.254 e. The van der Waals surface area contributed by atoms with Crippen molar-refractivity contribution in [2.45, 2.75) is 45.7 Å². The van der Waals surface area contributed by atoms with E-state index in [0.717, 1.165) is 22.7 Å². The highest BCUT2D eigenvalue weighted by Crippen LogP contribution is 2.17. The van der Waals surface area contributed by atoms with Crippen molar-refractivity contribution in [3.63, 3.8) is 0 Å². The molecule has 0 aliphatic carbocycles. The van der Waals surface area contributed by atoms with Gasteiger partial charge in [-0.15, -0.1) is 0 Å². The second-order valence-electron chi connectivity index (χ2n) is 8.13. The summed E-state index contributed by atoms with van der Waals surface area (Å²) in [5.41, 5.74) is 4.20. The Morgan fingerprint density at radius 3 is 2.56 bits per heavy atom. The van der Waals surface area contributed by atoms with Gasteiger partial charge in [-0.3, -0.25) is 4.79 Å². The third-order valence-corrected chi connectivity index (χ3v) is 5.88. The van der Waals surface area contributed by atoms with Gasteiger partial charge in [0.25, 0.3) is 5.91 Å². The first-order chi connectivity index (χ1) is 15.6. The largest absolute Gasteiger partial charge is 0.383 e. The number of rotatable bonds is 12. The Kier molecular flexibility index (Phi) is 9.39. The van der Waals surface area contributed by atoms with Crippen LogP contribution in [-0.4, -0.2) is 35.6 Å². The molecule has 0 bridgehead atoms. The van der Waals surface area contributed by atoms with E-state index < -0.39 is 0 Å². The lowest BCUT2D eigenvalue weighted by Crippen LogP contribution is -2.34. The second-order valence-corrected chi connectivity index (χ2v) is 8.57. The molecule has 0 unspecified atom stereocenters. The van der Waals surface area contributed by atoms with Crippen LogP contribution in [0.3, 0.4) is 0 Å². The number of hydrogen-bond acceptors (Lipinski definition) is 2. The summed E-state index contributed by atoms with van der Waals surface area (Å²) in [6, 6.07) is 20.0. The maximum atomic E-state index is 13.3. The van der Waals surface area contributed by atoms with Crippen LogP contribution >= 0.6 is 11.6 Å². The third kappa shape index (κ3) is 6.98. The van der Waals surface area contributed by atoms with Gasteiger partial charge >= 0.3 is 0 Å². The molecule has 2 aromatic carbocycles. The molecule has 5 heteroatoms. The highest BCUT2D eigenvalue weighted by atomic mass is 35.5. The van der Waals surface area contributed by atoms with Gasteiger partial charge in [0.2, 0.25) is 0 Å². The second kappa shape index (κ2) is 12.5. The Bertz CT molecular complexity index is 981. The Balaban J connectivity index is 1.71. The molecule has 0 spiro atoms. The fourth-order valence-electron chi connectivity index (χ4n) is 3.80. The normalized spacial score (nSPS) is 11.0. The number of ether oxygens (including phenoxy) is 1. The van der Waals surface area contributed by atoms with Gasteiger partial charge in [0.15, 0.2) is 0 Å². The van der Waals surface area contributed by atoms with Gasteiger partial charge < -0.3 is 14.2 Å². The molecule has 0 atom stereocenters. The first-order valence-electron chi connectivity index (χ1n) is 11.4. The third-order valence-electron chi connectivity index (χ3n) is 5.64. The molecule has 3 aromatic rings. The van der Waals surface area contributed by atoms with E-state index in [2.05, 4.69) is 35.8 Å². The summed E-state index contributed by atoms with van der Waals surface area (Å²) in [5, 5.41) is 0.728. The molecule has 32 heavy (non-hydrogen) atoms. The van der Waals surface area contributed by atoms with Crippen LogP contribution in [0.15, 0.2) is 66.9 Å². The van der Waals surface area contributed by atoms with E-state index >= 15 is 0 Å². The van der Waals surface area contributed by atoms with Crippen LogP contribution in [0.4, 0.5) is 0 Å². The molecule has 0 saturated heterocycles. The van der Waals surface area contributed by atoms with E-state index in [1.165, 1.54) is 24.8 Å². The minimum Gasteiger partial charge on any atom is -0.383 e. The fraction of sp³-hybridized carbons (Fsp3) is 0.370. The van der Waals surface area contributed by atoms with Crippen LogP contribution < -0.4 is 0 Å². The number of hydrogen-bond donors (Lipinski definition) is 0. The Morgan fingerprint density at radius 2 is 1.84 bits per heavy atom. The van der Waals surface area contributed by atoms with Crippen molar-refractivity contribution in [3.05, 3.63) is 94.3 Å². The van der Waals surface area contributed by atoms with Crippen molar-refractivity contribution in [2.75, 3.05) is 20.3 Å². The first-order valence-corrected chi connectivity index (χ1v) is 11.7. The molecule has 0 saturated carbocycles. The molecule has 1 amide bonds. The summed E-state index contributed by atoms with van der Waals surface area (Å²) in [7, 11) is 1.66. The van der Waals surface area contributed by atoms with Gasteiger partial charge in [-0.1, -0.05) is 55.6 Å². The summed E-state index contributed by atoms with van der Waals surface area (Å²) in [6.07, 6.45) is 6.74. The number of halogens is 1. The molecule has 1 aromatic heterocycles. The number of aryl methyl sites for hydroxylation is 1. The first kappa shape index (κ1) is 24.1. The Labute approximate surface area is 196 Å². The lowest BCUT2D eigenvalue weighted by Gasteiger charge is -2.24. The van der Waals surface area contributed by atoms with Crippen LogP contribution in [0.1, 0.15) is 53.4 Å². The highest BCUT2D eigenvalue weighted by Gasteiger charge is 2.18. The standard InChI is InChI=1S/C27H33ClN2O2/c1-3-4-5-8-22-12-14-24(15-13-22)27(31)30(17-18-32-2)21-26-11-7-16-29(26)20-23-9-6-10-25(28)19-23/h6-7,9-16,19H,3-5,8,17-18,20-21H2,1-2H3. The average molecular weight is 453 g/mol. The lowest BCUT2D eigenvalue weighted by atomic mass is 10.0. The topological polar surface area (TPSA) is 34.5 Å². The monoisotopic (exact) mass is 452 g/mol. The minimum absolute atomic E-state index is 0.0256. The summed E-state index contributed by atoms with van der Waals surface area (Å²) in [5.74, 6) is 0.0256. The summed E-state index contributed by atoms with van der Waals surface area (Å²) < 4.78 is 7.44. The van der Waals surface area contributed by atoms with Gasteiger partial charge in [0.1, 0.15) is 0 Å². The lowest BCUT2D eigenvalue weighted by molar-refractivity contribution is 0.0676. The van der Waals surface area contributed by atoms with Gasteiger partial charge in [0, 0.05) is 42.7 Å². The van der Waals surface area contributed by atoms with Gasteiger partial charge in [-0.2, -0.15) is 0 Å². The van der Waals surface area contributed by atoms with Crippen LogP contribution in [0.5, 0.6) is 0 Å². The Morgan fingerprint density at radius 1 is 1.03 bits per heavy atom. The van der Waals surface area contributed by atoms with Gasteiger partial charge in [0.05, 0.1) is 13.2 Å². The van der Waals surface area contributed by atoms with E-state index in [-0.39, 0.29) is 5.91 Å². The van der Waals surface area contributed by atoms with Gasteiger partial charge in [-0.25, -0.2) is 0 Å². The zero-order valence-corrected chi connectivity index (χ0v) is 19.9. The number of amides is 1. The number of carbonyl (C=O) groups excluding carboxylic acids is 1. The number of methoxy groups -OCH3 is 1. The zero-order valence-electron chi connectivity index (χ0n) is 19.1. The minimum atomic E-state index is 0.0256. The number of unbranched alkanes of at least 4 members (excludes halogenated alkanes) is 2. The molecule has 0 aliphatic heterocycles. The molecule has 0 aliphatic rings. The van der Waals surface area contributed by atoms with E-state index in [0.29, 0.717) is 31.8 Å². The number of carbonyl (C=O) groups is 1. The Hall–Kier alpha value is -2.56. The molecule has 0 fully saturated rings. The summed E-state index contributed by atoms with van der Waals surface area (Å²) in [4.78, 5) is 15.2. The maximum absolute atomic E-state index is 13.3. The SMILES string of the molecule is CCCCCc1ccc(C(=O)N(CCOC)Cc2cccn2Cc2cccc(Cl)c2)cc1. The maximum Gasteiger partial charge on any atom is 0.254 e. The van der Waals surface area contributed by atoms with Crippen molar-refractivity contribution in [1.29, 1.82) is 0 Å².